The second kappa shape index (κ2) is 5.84. The van der Waals surface area contributed by atoms with E-state index in [9.17, 15) is 4.79 Å². The van der Waals surface area contributed by atoms with Crippen molar-refractivity contribution >= 4 is 27.5 Å². The van der Waals surface area contributed by atoms with Crippen molar-refractivity contribution in [3.63, 3.8) is 0 Å². The first-order valence-electron chi connectivity index (χ1n) is 5.84. The van der Waals surface area contributed by atoms with Crippen molar-refractivity contribution < 1.29 is 0 Å². The van der Waals surface area contributed by atoms with Gasteiger partial charge in [-0.2, -0.15) is 0 Å². The molecule has 4 nitrogen and oxygen atoms in total. The van der Waals surface area contributed by atoms with Gasteiger partial charge in [0.2, 0.25) is 0 Å². The molecule has 19 heavy (non-hydrogen) atoms. The molecule has 0 saturated carbocycles. The van der Waals surface area contributed by atoms with Gasteiger partial charge in [-0.3, -0.25) is 14.3 Å². The van der Waals surface area contributed by atoms with Crippen LogP contribution in [0.15, 0.2) is 33.8 Å². The van der Waals surface area contributed by atoms with Crippen LogP contribution in [0.1, 0.15) is 31.2 Å². The lowest BCUT2D eigenvalue weighted by Crippen LogP contribution is -2.25. The fraction of sp³-hybridized carbons (Fsp3) is 0.308. The van der Waals surface area contributed by atoms with Gasteiger partial charge in [0, 0.05) is 28.9 Å². The molecule has 0 N–H and O–H groups in total. The summed E-state index contributed by atoms with van der Waals surface area (Å²) in [7, 11) is 0. The highest BCUT2D eigenvalue weighted by Gasteiger charge is 2.12. The average Bonchev–Trinajstić information content (AvgIpc) is 2.32. The zero-order valence-electron chi connectivity index (χ0n) is 10.6. The van der Waals surface area contributed by atoms with E-state index in [2.05, 4.69) is 25.9 Å². The average molecular weight is 343 g/mol. The first-order valence-corrected chi connectivity index (χ1v) is 7.01. The maximum atomic E-state index is 12.1. The molecule has 2 heterocycles. The van der Waals surface area contributed by atoms with Gasteiger partial charge in [-0.05, 0) is 27.6 Å². The van der Waals surface area contributed by atoms with Gasteiger partial charge in [0.25, 0.3) is 5.56 Å². The van der Waals surface area contributed by atoms with Crippen LogP contribution in [0, 0.1) is 0 Å². The Hall–Kier alpha value is -1.20. The predicted octanol–water partition coefficient (Wildman–Crippen LogP) is 3.23. The quantitative estimate of drug-likeness (QED) is 0.805. The summed E-state index contributed by atoms with van der Waals surface area (Å²) in [5, 5.41) is 0.234. The fourth-order valence-electron chi connectivity index (χ4n) is 1.82. The number of aromatic nitrogens is 3. The molecule has 0 amide bonds. The summed E-state index contributed by atoms with van der Waals surface area (Å²) in [4.78, 5) is 20.4. The Kier molecular flexibility index (Phi) is 4.37. The molecule has 0 aliphatic rings. The minimum atomic E-state index is -0.149. The summed E-state index contributed by atoms with van der Waals surface area (Å²) in [6.07, 6.45) is 3.44. The highest BCUT2D eigenvalue weighted by molar-refractivity contribution is 9.10. The SMILES string of the molecule is CC(C)c1nc(Cl)cc(=O)n1Cc1cncc(Br)c1. The molecular weight excluding hydrogens is 330 g/mol. The third-order valence-corrected chi connectivity index (χ3v) is 3.25. The highest BCUT2D eigenvalue weighted by Crippen LogP contribution is 2.15. The Bertz CT molecular complexity index is 655. The van der Waals surface area contributed by atoms with E-state index in [4.69, 9.17) is 11.6 Å². The molecule has 0 saturated heterocycles. The van der Waals surface area contributed by atoms with E-state index in [1.807, 2.05) is 19.9 Å². The molecule has 0 aliphatic heterocycles. The summed E-state index contributed by atoms with van der Waals surface area (Å²) in [5.74, 6) is 0.795. The number of nitrogens with zero attached hydrogens (tertiary/aromatic N) is 3. The second-order valence-corrected chi connectivity index (χ2v) is 5.83. The Balaban J connectivity index is 2.47. The second-order valence-electron chi connectivity index (χ2n) is 4.53. The van der Waals surface area contributed by atoms with E-state index in [0.29, 0.717) is 12.4 Å². The minimum absolute atomic E-state index is 0.117. The van der Waals surface area contributed by atoms with Gasteiger partial charge in [-0.15, -0.1) is 0 Å². The van der Waals surface area contributed by atoms with Crippen molar-refractivity contribution in [2.75, 3.05) is 0 Å². The molecule has 0 fully saturated rings. The van der Waals surface area contributed by atoms with Crippen molar-refractivity contribution in [3.05, 3.63) is 55.9 Å². The van der Waals surface area contributed by atoms with E-state index in [1.54, 1.807) is 17.0 Å². The number of halogens is 2. The predicted molar refractivity (Wildman–Crippen MR) is 78.6 cm³/mol. The van der Waals surface area contributed by atoms with Gasteiger partial charge in [0.1, 0.15) is 11.0 Å². The lowest BCUT2D eigenvalue weighted by Gasteiger charge is -2.14. The highest BCUT2D eigenvalue weighted by atomic mass is 79.9. The number of pyridine rings is 1. The van der Waals surface area contributed by atoms with Crippen LogP contribution in [0.3, 0.4) is 0 Å². The fourth-order valence-corrected chi connectivity index (χ4v) is 2.41. The molecule has 6 heteroatoms. The largest absolute Gasteiger partial charge is 0.292 e. The molecule has 0 unspecified atom stereocenters. The van der Waals surface area contributed by atoms with Crippen molar-refractivity contribution in [2.24, 2.45) is 0 Å². The topological polar surface area (TPSA) is 47.8 Å². The van der Waals surface area contributed by atoms with Crippen molar-refractivity contribution in [1.82, 2.24) is 14.5 Å². The van der Waals surface area contributed by atoms with E-state index in [-0.39, 0.29) is 16.6 Å². The van der Waals surface area contributed by atoms with Gasteiger partial charge in [0.15, 0.2) is 0 Å². The van der Waals surface area contributed by atoms with Crippen LogP contribution in [0.5, 0.6) is 0 Å². The molecular formula is C13H13BrClN3O. The molecule has 2 aromatic heterocycles. The molecule has 0 bridgehead atoms. The van der Waals surface area contributed by atoms with Crippen LogP contribution >= 0.6 is 27.5 Å². The first kappa shape index (κ1) is 14.2. The summed E-state index contributed by atoms with van der Waals surface area (Å²) in [6.45, 7) is 4.39. The Morgan fingerprint density at radius 1 is 1.37 bits per heavy atom. The van der Waals surface area contributed by atoms with Crippen molar-refractivity contribution in [2.45, 2.75) is 26.3 Å². The third kappa shape index (κ3) is 3.42. The minimum Gasteiger partial charge on any atom is -0.292 e. The Labute approximate surface area is 124 Å². The van der Waals surface area contributed by atoms with Gasteiger partial charge < -0.3 is 0 Å². The molecule has 0 aromatic carbocycles. The van der Waals surface area contributed by atoms with Gasteiger partial charge in [0.05, 0.1) is 6.54 Å². The molecule has 100 valence electrons. The molecule has 2 rings (SSSR count). The lowest BCUT2D eigenvalue weighted by molar-refractivity contribution is 0.623. The summed E-state index contributed by atoms with van der Waals surface area (Å²) in [6, 6.07) is 3.26. The van der Waals surface area contributed by atoms with Crippen molar-refractivity contribution in [3.8, 4) is 0 Å². The molecule has 0 radical (unpaired) electrons. The van der Waals surface area contributed by atoms with E-state index >= 15 is 0 Å². The third-order valence-electron chi connectivity index (χ3n) is 2.63. The smallest absolute Gasteiger partial charge is 0.255 e. The van der Waals surface area contributed by atoms with Crippen LogP contribution in [0.2, 0.25) is 5.15 Å². The summed E-state index contributed by atoms with van der Waals surface area (Å²) >= 11 is 9.22. The van der Waals surface area contributed by atoms with Crippen molar-refractivity contribution in [1.29, 1.82) is 0 Å². The van der Waals surface area contributed by atoms with Crippen LogP contribution < -0.4 is 5.56 Å². The molecule has 2 aromatic rings. The maximum Gasteiger partial charge on any atom is 0.255 e. The van der Waals surface area contributed by atoms with Crippen LogP contribution in [-0.2, 0) is 6.54 Å². The van der Waals surface area contributed by atoms with E-state index in [0.717, 1.165) is 10.0 Å². The monoisotopic (exact) mass is 341 g/mol. The zero-order chi connectivity index (χ0) is 14.0. The summed E-state index contributed by atoms with van der Waals surface area (Å²) in [5.41, 5.74) is 0.783. The Morgan fingerprint density at radius 2 is 2.11 bits per heavy atom. The van der Waals surface area contributed by atoms with Crippen LogP contribution in [-0.4, -0.2) is 14.5 Å². The molecule has 0 atom stereocenters. The lowest BCUT2D eigenvalue weighted by atomic mass is 10.2. The number of hydrogen-bond acceptors (Lipinski definition) is 3. The van der Waals surface area contributed by atoms with Gasteiger partial charge >= 0.3 is 0 Å². The normalized spacial score (nSPS) is 11.0. The van der Waals surface area contributed by atoms with E-state index < -0.39 is 0 Å². The first-order chi connectivity index (χ1) is 8.97. The van der Waals surface area contributed by atoms with Gasteiger partial charge in [-0.25, -0.2) is 4.98 Å². The van der Waals surface area contributed by atoms with Crippen LogP contribution in [0.4, 0.5) is 0 Å². The van der Waals surface area contributed by atoms with E-state index in [1.165, 1.54) is 6.07 Å². The zero-order valence-corrected chi connectivity index (χ0v) is 12.9. The standard InChI is InChI=1S/C13H13BrClN3O/c1-8(2)13-17-11(15)4-12(19)18(13)7-9-3-10(14)6-16-5-9/h3-6,8H,7H2,1-2H3. The molecule has 0 aliphatic carbocycles. The van der Waals surface area contributed by atoms with Gasteiger partial charge in [-0.1, -0.05) is 25.4 Å². The number of rotatable bonds is 3. The number of hydrogen-bond donors (Lipinski definition) is 0. The molecule has 0 spiro atoms. The Morgan fingerprint density at radius 3 is 2.74 bits per heavy atom. The maximum absolute atomic E-state index is 12.1. The van der Waals surface area contributed by atoms with Crippen LogP contribution in [0.25, 0.3) is 0 Å². The summed E-state index contributed by atoms with van der Waals surface area (Å²) < 4.78 is 2.51.